The number of piperidine rings is 1. The van der Waals surface area contributed by atoms with E-state index in [0.29, 0.717) is 17.0 Å². The van der Waals surface area contributed by atoms with Crippen molar-refractivity contribution in [2.45, 2.75) is 38.8 Å². The molecule has 1 N–H and O–H groups in total. The molecule has 0 bridgehead atoms. The van der Waals surface area contributed by atoms with Crippen molar-refractivity contribution in [3.05, 3.63) is 33.3 Å². The molecule has 1 amide bonds. The van der Waals surface area contributed by atoms with Crippen molar-refractivity contribution >= 4 is 39.4 Å². The van der Waals surface area contributed by atoms with E-state index in [-0.39, 0.29) is 18.4 Å². The number of halogens is 2. The van der Waals surface area contributed by atoms with E-state index >= 15 is 0 Å². The second kappa shape index (κ2) is 6.36. The number of carbonyl (C=O) groups is 2. The maximum Gasteiger partial charge on any atom is 0.308 e. The molecule has 1 fully saturated rings. The maximum atomic E-state index is 12.3. The van der Waals surface area contributed by atoms with Crippen molar-refractivity contribution in [2.24, 2.45) is 5.92 Å². The fourth-order valence-electron chi connectivity index (χ4n) is 2.89. The number of carboxylic acid groups (broad SMARTS) is 1. The van der Waals surface area contributed by atoms with Crippen molar-refractivity contribution in [1.29, 1.82) is 0 Å². The minimum absolute atomic E-state index is 0.0245. The van der Waals surface area contributed by atoms with Gasteiger partial charge in [0.1, 0.15) is 0 Å². The molecule has 0 radical (unpaired) electrons. The van der Waals surface area contributed by atoms with Gasteiger partial charge in [0.25, 0.3) is 0 Å². The van der Waals surface area contributed by atoms with Crippen LogP contribution in [0.15, 0.2) is 22.7 Å². The van der Waals surface area contributed by atoms with Crippen LogP contribution in [-0.2, 0) is 9.59 Å². The summed E-state index contributed by atoms with van der Waals surface area (Å²) in [5, 5.41) is 10.0. The van der Waals surface area contributed by atoms with Crippen LogP contribution in [0.2, 0.25) is 5.02 Å². The number of hydrogen-bond donors (Lipinski definition) is 1. The van der Waals surface area contributed by atoms with E-state index in [9.17, 15) is 14.7 Å². The molecular formula is C15H17BrClNO3. The topological polar surface area (TPSA) is 57.6 Å². The summed E-state index contributed by atoms with van der Waals surface area (Å²) in [5.41, 5.74) is 0.681. The Labute approximate surface area is 137 Å². The highest BCUT2D eigenvalue weighted by molar-refractivity contribution is 9.10. The van der Waals surface area contributed by atoms with E-state index < -0.39 is 17.9 Å². The average Bonchev–Trinajstić information content (AvgIpc) is 2.40. The normalized spacial score (nSPS) is 22.7. The van der Waals surface area contributed by atoms with E-state index in [2.05, 4.69) is 15.9 Å². The monoisotopic (exact) mass is 373 g/mol. The number of hydrogen-bond acceptors (Lipinski definition) is 2. The number of carbonyl (C=O) groups excluding carboxylic acids is 1. The van der Waals surface area contributed by atoms with Gasteiger partial charge in [-0.2, -0.15) is 0 Å². The number of aliphatic carboxylic acids is 1. The van der Waals surface area contributed by atoms with Gasteiger partial charge in [0.2, 0.25) is 5.91 Å². The van der Waals surface area contributed by atoms with Crippen LogP contribution in [0.1, 0.15) is 38.3 Å². The summed E-state index contributed by atoms with van der Waals surface area (Å²) in [4.78, 5) is 25.5. The van der Waals surface area contributed by atoms with Crippen LogP contribution in [0.3, 0.4) is 0 Å². The third kappa shape index (κ3) is 3.24. The molecule has 0 aromatic heterocycles. The maximum absolute atomic E-state index is 12.3. The molecule has 2 rings (SSSR count). The van der Waals surface area contributed by atoms with Gasteiger partial charge in [-0.25, -0.2) is 0 Å². The van der Waals surface area contributed by atoms with Crippen LogP contribution in [-0.4, -0.2) is 27.9 Å². The number of amides is 1. The molecule has 1 heterocycles. The van der Waals surface area contributed by atoms with Crippen molar-refractivity contribution < 1.29 is 14.7 Å². The molecule has 21 heavy (non-hydrogen) atoms. The van der Waals surface area contributed by atoms with Crippen LogP contribution in [0, 0.1) is 5.92 Å². The summed E-state index contributed by atoms with van der Waals surface area (Å²) in [6, 6.07) is 4.70. The van der Waals surface area contributed by atoms with Crippen molar-refractivity contribution in [1.82, 2.24) is 4.90 Å². The van der Waals surface area contributed by atoms with Crippen molar-refractivity contribution in [2.75, 3.05) is 0 Å². The van der Waals surface area contributed by atoms with Gasteiger partial charge in [-0.1, -0.05) is 27.5 Å². The van der Waals surface area contributed by atoms with Gasteiger partial charge < -0.3 is 10.0 Å². The van der Waals surface area contributed by atoms with E-state index in [0.717, 1.165) is 4.47 Å². The lowest BCUT2D eigenvalue weighted by atomic mass is 9.83. The van der Waals surface area contributed by atoms with E-state index in [4.69, 9.17) is 11.6 Å². The van der Waals surface area contributed by atoms with E-state index in [1.807, 2.05) is 13.8 Å². The highest BCUT2D eigenvalue weighted by Crippen LogP contribution is 2.41. The predicted molar refractivity (Wildman–Crippen MR) is 84.2 cm³/mol. The molecule has 2 atom stereocenters. The predicted octanol–water partition coefficient (Wildman–Crippen LogP) is 3.88. The van der Waals surface area contributed by atoms with Crippen LogP contribution in [0.4, 0.5) is 0 Å². The van der Waals surface area contributed by atoms with E-state index in [1.54, 1.807) is 23.1 Å². The first-order chi connectivity index (χ1) is 9.82. The highest BCUT2D eigenvalue weighted by Gasteiger charge is 2.42. The number of likely N-dealkylation sites (tertiary alicyclic amines) is 1. The van der Waals surface area contributed by atoms with Gasteiger partial charge >= 0.3 is 5.97 Å². The first-order valence-corrected chi connectivity index (χ1v) is 7.99. The summed E-state index contributed by atoms with van der Waals surface area (Å²) >= 11 is 9.65. The number of benzene rings is 1. The average molecular weight is 375 g/mol. The number of rotatable bonds is 3. The minimum Gasteiger partial charge on any atom is -0.481 e. The largest absolute Gasteiger partial charge is 0.481 e. The van der Waals surface area contributed by atoms with Gasteiger partial charge in [-0.15, -0.1) is 0 Å². The molecule has 0 spiro atoms. The van der Waals surface area contributed by atoms with Crippen LogP contribution in [0.25, 0.3) is 0 Å². The zero-order valence-electron chi connectivity index (χ0n) is 11.8. The van der Waals surface area contributed by atoms with E-state index in [1.165, 1.54) is 0 Å². The fraction of sp³-hybridized carbons (Fsp3) is 0.467. The Morgan fingerprint density at radius 3 is 2.71 bits per heavy atom. The summed E-state index contributed by atoms with van der Waals surface area (Å²) < 4.78 is 0.813. The second-order valence-corrected chi connectivity index (χ2v) is 6.81. The SMILES string of the molecule is CC(C)N1C(=O)CCC(C(=O)O)C1c1cc(Br)ccc1Cl. The van der Waals surface area contributed by atoms with Gasteiger partial charge in [0.15, 0.2) is 0 Å². The molecule has 1 aromatic rings. The second-order valence-electron chi connectivity index (χ2n) is 5.49. The summed E-state index contributed by atoms with van der Waals surface area (Å²) in [6.07, 6.45) is 0.599. The third-order valence-electron chi connectivity index (χ3n) is 3.79. The van der Waals surface area contributed by atoms with Crippen molar-refractivity contribution in [3.63, 3.8) is 0 Å². The lowest BCUT2D eigenvalue weighted by molar-refractivity contribution is -0.153. The van der Waals surface area contributed by atoms with Crippen LogP contribution in [0.5, 0.6) is 0 Å². The molecular weight excluding hydrogens is 358 g/mol. The standard InChI is InChI=1S/C15H17BrClNO3/c1-8(2)18-13(19)6-4-10(15(20)21)14(18)11-7-9(16)3-5-12(11)17/h3,5,7-8,10,14H,4,6H2,1-2H3,(H,20,21). The molecule has 6 heteroatoms. The summed E-state index contributed by atoms with van der Waals surface area (Å²) in [5.74, 6) is -1.56. The Morgan fingerprint density at radius 2 is 2.14 bits per heavy atom. The zero-order chi connectivity index (χ0) is 15.7. The van der Waals surface area contributed by atoms with Crippen LogP contribution >= 0.6 is 27.5 Å². The zero-order valence-corrected chi connectivity index (χ0v) is 14.2. The van der Waals surface area contributed by atoms with Gasteiger partial charge in [0, 0.05) is 22.0 Å². The third-order valence-corrected chi connectivity index (χ3v) is 4.63. The highest BCUT2D eigenvalue weighted by atomic mass is 79.9. The Morgan fingerprint density at radius 1 is 1.48 bits per heavy atom. The summed E-state index contributed by atoms with van der Waals surface area (Å²) in [7, 11) is 0. The summed E-state index contributed by atoms with van der Waals surface area (Å²) in [6.45, 7) is 3.78. The Kier molecular flexibility index (Phi) is 4.94. The molecule has 1 aromatic carbocycles. The smallest absolute Gasteiger partial charge is 0.308 e. The Balaban J connectivity index is 2.56. The molecule has 1 aliphatic heterocycles. The Hall–Kier alpha value is -1.07. The number of nitrogens with zero attached hydrogens (tertiary/aromatic N) is 1. The van der Waals surface area contributed by atoms with Crippen molar-refractivity contribution in [3.8, 4) is 0 Å². The fourth-order valence-corrected chi connectivity index (χ4v) is 3.50. The van der Waals surface area contributed by atoms with Gasteiger partial charge in [0.05, 0.1) is 12.0 Å². The lowest BCUT2D eigenvalue weighted by Crippen LogP contribution is -2.48. The van der Waals surface area contributed by atoms with Gasteiger partial charge in [-0.3, -0.25) is 9.59 Å². The molecule has 1 saturated heterocycles. The van der Waals surface area contributed by atoms with Crippen LogP contribution < -0.4 is 0 Å². The molecule has 0 aliphatic carbocycles. The first-order valence-electron chi connectivity index (χ1n) is 6.82. The molecule has 114 valence electrons. The molecule has 1 aliphatic rings. The first kappa shape index (κ1) is 16.3. The Bertz CT molecular complexity index is 576. The molecule has 2 unspecified atom stereocenters. The quantitative estimate of drug-likeness (QED) is 0.873. The number of carboxylic acids is 1. The minimum atomic E-state index is -0.894. The lowest BCUT2D eigenvalue weighted by Gasteiger charge is -2.42. The molecule has 4 nitrogen and oxygen atoms in total. The van der Waals surface area contributed by atoms with Gasteiger partial charge in [-0.05, 0) is 44.0 Å². The molecule has 0 saturated carbocycles.